The zero-order valence-corrected chi connectivity index (χ0v) is 14.6. The molecule has 2 rings (SSSR count). The van der Waals surface area contributed by atoms with Crippen LogP contribution >= 0.6 is 0 Å². The highest BCUT2D eigenvalue weighted by Crippen LogP contribution is 2.38. The zero-order chi connectivity index (χ0) is 19.2. The van der Waals surface area contributed by atoms with E-state index in [2.05, 4.69) is 0 Å². The van der Waals surface area contributed by atoms with Gasteiger partial charge in [-0.1, -0.05) is 0 Å². The van der Waals surface area contributed by atoms with E-state index in [0.29, 0.717) is 18.9 Å². The van der Waals surface area contributed by atoms with Gasteiger partial charge in [0.1, 0.15) is 0 Å². The van der Waals surface area contributed by atoms with E-state index in [1.54, 1.807) is 27.7 Å². The molecule has 5 nitrogen and oxygen atoms in total. The van der Waals surface area contributed by atoms with Crippen molar-refractivity contribution in [3.05, 3.63) is 29.6 Å². The number of carbonyl (C=O) groups excluding carboxylic acids is 2. The Morgan fingerprint density at radius 3 is 2.12 bits per heavy atom. The number of amides is 2. The van der Waals surface area contributed by atoms with E-state index < -0.39 is 46.0 Å². The summed E-state index contributed by atoms with van der Waals surface area (Å²) in [7, 11) is 0. The van der Waals surface area contributed by atoms with Gasteiger partial charge in [-0.3, -0.25) is 9.59 Å². The smallest absolute Gasteiger partial charge is 0.314 e. The van der Waals surface area contributed by atoms with Gasteiger partial charge in [0, 0.05) is 17.1 Å². The second-order valence-corrected chi connectivity index (χ2v) is 7.61. The fourth-order valence-corrected chi connectivity index (χ4v) is 3.81. The number of carbonyl (C=O) groups is 2. The highest BCUT2D eigenvalue weighted by molar-refractivity contribution is 6.39. The van der Waals surface area contributed by atoms with E-state index in [0.717, 1.165) is 6.07 Å². The van der Waals surface area contributed by atoms with Gasteiger partial charge in [-0.15, -0.1) is 0 Å². The predicted molar refractivity (Wildman–Crippen MR) is 87.2 cm³/mol. The molecular weight excluding hydrogens is 335 g/mol. The Morgan fingerprint density at radius 2 is 1.60 bits per heavy atom. The van der Waals surface area contributed by atoms with E-state index in [-0.39, 0.29) is 6.04 Å². The number of rotatable bonds is 1. The summed E-state index contributed by atoms with van der Waals surface area (Å²) in [5.41, 5.74) is 4.05. The van der Waals surface area contributed by atoms with Crippen LogP contribution in [-0.2, 0) is 9.59 Å². The molecule has 1 heterocycles. The van der Waals surface area contributed by atoms with Gasteiger partial charge in [0.05, 0.1) is 5.69 Å². The number of nitrogens with two attached hydrogens (primary N) is 1. The Hall–Kier alpha value is -2.09. The summed E-state index contributed by atoms with van der Waals surface area (Å²) < 4.78 is 40.0. The van der Waals surface area contributed by atoms with Crippen molar-refractivity contribution in [2.24, 2.45) is 5.73 Å². The number of nitrogens with one attached hydrogen (secondary N) is 1. The number of likely N-dealkylation sites (tertiary alicyclic amines) is 1. The summed E-state index contributed by atoms with van der Waals surface area (Å²) in [4.78, 5) is 26.4. The van der Waals surface area contributed by atoms with Crippen molar-refractivity contribution in [1.29, 1.82) is 0 Å². The topological polar surface area (TPSA) is 75.4 Å². The molecule has 138 valence electrons. The molecule has 2 amide bonds. The van der Waals surface area contributed by atoms with Crippen LogP contribution in [0.1, 0.15) is 40.5 Å². The molecule has 0 aromatic heterocycles. The Kier molecular flexibility index (Phi) is 4.87. The molecular formula is C17H22F3N3O2. The fraction of sp³-hybridized carbons (Fsp3) is 0.529. The van der Waals surface area contributed by atoms with Crippen LogP contribution in [0.3, 0.4) is 0 Å². The normalized spacial score (nSPS) is 19.6. The van der Waals surface area contributed by atoms with Gasteiger partial charge in [0.25, 0.3) is 0 Å². The minimum atomic E-state index is -1.71. The summed E-state index contributed by atoms with van der Waals surface area (Å²) >= 11 is 0. The monoisotopic (exact) mass is 357 g/mol. The molecule has 0 atom stereocenters. The van der Waals surface area contributed by atoms with Gasteiger partial charge >= 0.3 is 11.8 Å². The average Bonchev–Trinajstić information content (AvgIpc) is 2.44. The lowest BCUT2D eigenvalue weighted by Crippen LogP contribution is -2.66. The predicted octanol–water partition coefficient (Wildman–Crippen LogP) is 2.55. The lowest BCUT2D eigenvalue weighted by molar-refractivity contribution is -0.156. The van der Waals surface area contributed by atoms with Gasteiger partial charge < -0.3 is 16.0 Å². The maximum Gasteiger partial charge on any atom is 0.314 e. The molecule has 0 aliphatic carbocycles. The van der Waals surface area contributed by atoms with E-state index in [1.165, 1.54) is 4.90 Å². The van der Waals surface area contributed by atoms with Crippen LogP contribution < -0.4 is 11.1 Å². The van der Waals surface area contributed by atoms with Gasteiger partial charge in [-0.25, -0.2) is 13.2 Å². The molecule has 25 heavy (non-hydrogen) atoms. The molecule has 0 radical (unpaired) electrons. The van der Waals surface area contributed by atoms with Gasteiger partial charge in [0.2, 0.25) is 0 Å². The van der Waals surface area contributed by atoms with Crippen LogP contribution in [0.15, 0.2) is 12.1 Å². The first-order valence-corrected chi connectivity index (χ1v) is 7.91. The summed E-state index contributed by atoms with van der Waals surface area (Å²) in [5.74, 6) is -6.66. The third kappa shape index (κ3) is 3.63. The molecule has 0 bridgehead atoms. The molecule has 1 aliphatic heterocycles. The molecule has 1 aromatic carbocycles. The van der Waals surface area contributed by atoms with Crippen LogP contribution in [0.2, 0.25) is 0 Å². The highest BCUT2D eigenvalue weighted by Gasteiger charge is 2.48. The Bertz CT molecular complexity index is 701. The standard InChI is InChI=1S/C17H22F3N3O2/c1-16(2)7-9(21)8-17(3,4)23(16)15(25)14(24)22-11-6-5-10(18)12(19)13(11)20/h5-6,9H,7-8,21H2,1-4H3,(H,22,24). The van der Waals surface area contributed by atoms with Crippen LogP contribution in [0.5, 0.6) is 0 Å². The van der Waals surface area contributed by atoms with Crippen molar-refractivity contribution in [2.75, 3.05) is 5.32 Å². The highest BCUT2D eigenvalue weighted by atomic mass is 19.2. The molecule has 0 spiro atoms. The van der Waals surface area contributed by atoms with Crippen molar-refractivity contribution in [1.82, 2.24) is 4.90 Å². The number of halogens is 3. The Morgan fingerprint density at radius 1 is 1.08 bits per heavy atom. The minimum absolute atomic E-state index is 0.124. The van der Waals surface area contributed by atoms with Crippen LogP contribution in [0, 0.1) is 17.5 Å². The molecule has 1 saturated heterocycles. The van der Waals surface area contributed by atoms with Crippen molar-refractivity contribution in [3.63, 3.8) is 0 Å². The number of benzene rings is 1. The van der Waals surface area contributed by atoms with Crippen molar-refractivity contribution in [2.45, 2.75) is 57.7 Å². The first kappa shape index (κ1) is 19.2. The Labute approximate surface area is 144 Å². The van der Waals surface area contributed by atoms with E-state index >= 15 is 0 Å². The van der Waals surface area contributed by atoms with Crippen LogP contribution in [0.4, 0.5) is 18.9 Å². The van der Waals surface area contributed by atoms with Crippen LogP contribution in [-0.4, -0.2) is 33.8 Å². The van der Waals surface area contributed by atoms with Gasteiger partial charge in [0.15, 0.2) is 17.5 Å². The number of hydrogen-bond donors (Lipinski definition) is 2. The SMILES string of the molecule is CC1(C)CC(N)CC(C)(C)N1C(=O)C(=O)Nc1ccc(F)c(F)c1F. The van der Waals surface area contributed by atoms with Crippen LogP contribution in [0.25, 0.3) is 0 Å². The Balaban J connectivity index is 2.28. The molecule has 0 unspecified atom stereocenters. The quantitative estimate of drug-likeness (QED) is 0.599. The number of hydrogen-bond acceptors (Lipinski definition) is 3. The zero-order valence-electron chi connectivity index (χ0n) is 14.6. The first-order chi connectivity index (χ1) is 11.4. The molecule has 1 aliphatic rings. The molecule has 1 fully saturated rings. The summed E-state index contributed by atoms with van der Waals surface area (Å²) in [6.07, 6.45) is 0.990. The van der Waals surface area contributed by atoms with Gasteiger partial charge in [-0.05, 0) is 52.7 Å². The number of piperidine rings is 1. The molecule has 1 aromatic rings. The maximum absolute atomic E-state index is 13.7. The fourth-order valence-electron chi connectivity index (χ4n) is 3.81. The second kappa shape index (κ2) is 6.33. The van der Waals surface area contributed by atoms with E-state index in [9.17, 15) is 22.8 Å². The van der Waals surface area contributed by atoms with Crippen molar-refractivity contribution >= 4 is 17.5 Å². The summed E-state index contributed by atoms with van der Waals surface area (Å²) in [6.45, 7) is 7.16. The second-order valence-electron chi connectivity index (χ2n) is 7.61. The number of anilines is 1. The third-order valence-electron chi connectivity index (χ3n) is 4.41. The van der Waals surface area contributed by atoms with E-state index in [4.69, 9.17) is 5.73 Å². The van der Waals surface area contributed by atoms with Crippen molar-refractivity contribution in [3.8, 4) is 0 Å². The minimum Gasteiger partial charge on any atom is -0.328 e. The van der Waals surface area contributed by atoms with Gasteiger partial charge in [-0.2, -0.15) is 0 Å². The maximum atomic E-state index is 13.7. The largest absolute Gasteiger partial charge is 0.328 e. The van der Waals surface area contributed by atoms with Crippen molar-refractivity contribution < 1.29 is 22.8 Å². The molecule has 8 heteroatoms. The average molecular weight is 357 g/mol. The lowest BCUT2D eigenvalue weighted by Gasteiger charge is -2.54. The molecule has 0 saturated carbocycles. The summed E-state index contributed by atoms with van der Waals surface area (Å²) in [6, 6.07) is 1.41. The third-order valence-corrected chi connectivity index (χ3v) is 4.41. The first-order valence-electron chi connectivity index (χ1n) is 7.91. The lowest BCUT2D eigenvalue weighted by atomic mass is 9.77. The number of nitrogens with zero attached hydrogens (tertiary/aromatic N) is 1. The van der Waals surface area contributed by atoms with E-state index in [1.807, 2.05) is 5.32 Å². The molecule has 3 N–H and O–H groups in total. The summed E-state index contributed by atoms with van der Waals surface area (Å²) in [5, 5.41) is 2.02.